The molecule has 1 radical (unpaired) electrons. The van der Waals surface area contributed by atoms with E-state index in [4.69, 9.17) is 4.42 Å². The van der Waals surface area contributed by atoms with E-state index < -0.39 is 0 Å². The molecular formula is C7H9O. The summed E-state index contributed by atoms with van der Waals surface area (Å²) in [6.07, 6.45) is 2.44. The molecule has 1 aromatic heterocycles. The SMILES string of the molecule is [CH2]Cc1occc1C. The van der Waals surface area contributed by atoms with Gasteiger partial charge in [0.1, 0.15) is 5.76 Å². The van der Waals surface area contributed by atoms with E-state index in [0.717, 1.165) is 12.2 Å². The zero-order chi connectivity index (χ0) is 5.98. The smallest absolute Gasteiger partial charge is 0.106 e. The predicted molar refractivity (Wildman–Crippen MR) is 32.5 cm³/mol. The summed E-state index contributed by atoms with van der Waals surface area (Å²) in [6.45, 7) is 5.71. The van der Waals surface area contributed by atoms with Crippen LogP contribution in [0, 0.1) is 13.8 Å². The van der Waals surface area contributed by atoms with Gasteiger partial charge in [-0.05, 0) is 25.5 Å². The molecule has 0 unspecified atom stereocenters. The van der Waals surface area contributed by atoms with Crippen molar-refractivity contribution in [2.75, 3.05) is 0 Å². The monoisotopic (exact) mass is 109 g/mol. The molecule has 0 bridgehead atoms. The second kappa shape index (κ2) is 2.03. The molecule has 1 nitrogen and oxygen atoms in total. The normalized spacial score (nSPS) is 9.75. The Hall–Kier alpha value is -0.720. The fourth-order valence-electron chi connectivity index (χ4n) is 0.660. The molecular weight excluding hydrogens is 100 g/mol. The maximum absolute atomic E-state index is 5.05. The number of aryl methyl sites for hydroxylation is 1. The fourth-order valence-corrected chi connectivity index (χ4v) is 0.660. The van der Waals surface area contributed by atoms with Crippen molar-refractivity contribution >= 4 is 0 Å². The van der Waals surface area contributed by atoms with Crippen molar-refractivity contribution in [3.8, 4) is 0 Å². The Bertz CT molecular complexity index is 165. The van der Waals surface area contributed by atoms with Crippen LogP contribution in [0.1, 0.15) is 11.3 Å². The Labute approximate surface area is 49.3 Å². The summed E-state index contributed by atoms with van der Waals surface area (Å²) in [5.41, 5.74) is 1.19. The summed E-state index contributed by atoms with van der Waals surface area (Å²) < 4.78 is 5.05. The molecule has 0 aliphatic rings. The van der Waals surface area contributed by atoms with E-state index in [-0.39, 0.29) is 0 Å². The molecule has 0 saturated heterocycles. The highest BCUT2D eigenvalue weighted by Crippen LogP contribution is 2.07. The van der Waals surface area contributed by atoms with Crippen LogP contribution in [0.3, 0.4) is 0 Å². The largest absolute Gasteiger partial charge is 0.469 e. The molecule has 8 heavy (non-hydrogen) atoms. The van der Waals surface area contributed by atoms with Crippen molar-refractivity contribution in [3.63, 3.8) is 0 Å². The Morgan fingerprint density at radius 2 is 2.50 bits per heavy atom. The number of hydrogen-bond acceptors (Lipinski definition) is 1. The molecule has 0 aromatic carbocycles. The molecule has 0 aliphatic heterocycles. The highest BCUT2D eigenvalue weighted by atomic mass is 16.3. The highest BCUT2D eigenvalue weighted by Gasteiger charge is 1.94. The van der Waals surface area contributed by atoms with E-state index >= 15 is 0 Å². The Morgan fingerprint density at radius 1 is 1.75 bits per heavy atom. The molecule has 0 amide bonds. The minimum atomic E-state index is 0.749. The summed E-state index contributed by atoms with van der Waals surface area (Å²) in [5.74, 6) is 0.991. The fraction of sp³-hybridized carbons (Fsp3) is 0.286. The third-order valence-electron chi connectivity index (χ3n) is 1.20. The summed E-state index contributed by atoms with van der Waals surface area (Å²) in [6, 6.07) is 1.94. The zero-order valence-electron chi connectivity index (χ0n) is 4.98. The van der Waals surface area contributed by atoms with E-state index in [0.29, 0.717) is 0 Å². The van der Waals surface area contributed by atoms with Gasteiger partial charge in [-0.3, -0.25) is 0 Å². The number of furan rings is 1. The van der Waals surface area contributed by atoms with Crippen molar-refractivity contribution < 1.29 is 4.42 Å². The quantitative estimate of drug-likeness (QED) is 0.537. The first kappa shape index (κ1) is 5.42. The Balaban J connectivity index is 2.92. The topological polar surface area (TPSA) is 13.1 Å². The van der Waals surface area contributed by atoms with Crippen LogP contribution in [0.4, 0.5) is 0 Å². The van der Waals surface area contributed by atoms with Crippen LogP contribution in [0.2, 0.25) is 0 Å². The van der Waals surface area contributed by atoms with Crippen LogP contribution in [0.15, 0.2) is 16.7 Å². The van der Waals surface area contributed by atoms with E-state index in [9.17, 15) is 0 Å². The maximum Gasteiger partial charge on any atom is 0.106 e. The van der Waals surface area contributed by atoms with Gasteiger partial charge in [-0.15, -0.1) is 0 Å². The minimum absolute atomic E-state index is 0.749. The van der Waals surface area contributed by atoms with Crippen molar-refractivity contribution in [3.05, 3.63) is 30.6 Å². The van der Waals surface area contributed by atoms with Gasteiger partial charge < -0.3 is 4.42 Å². The van der Waals surface area contributed by atoms with Crippen molar-refractivity contribution in [2.24, 2.45) is 0 Å². The standard InChI is InChI=1S/C7H9O/c1-3-7-6(2)4-5-8-7/h4-5H,1,3H2,2H3. The van der Waals surface area contributed by atoms with E-state index in [1.54, 1.807) is 6.26 Å². The summed E-state index contributed by atoms with van der Waals surface area (Å²) >= 11 is 0. The lowest BCUT2D eigenvalue weighted by atomic mass is 10.2. The first-order chi connectivity index (χ1) is 3.84. The average molecular weight is 109 g/mol. The lowest BCUT2D eigenvalue weighted by Crippen LogP contribution is -1.75. The van der Waals surface area contributed by atoms with Crippen molar-refractivity contribution in [1.29, 1.82) is 0 Å². The van der Waals surface area contributed by atoms with Gasteiger partial charge in [0.05, 0.1) is 6.26 Å². The van der Waals surface area contributed by atoms with Gasteiger partial charge in [0.2, 0.25) is 0 Å². The Kier molecular flexibility index (Phi) is 1.38. The van der Waals surface area contributed by atoms with Crippen molar-refractivity contribution in [1.82, 2.24) is 0 Å². The van der Waals surface area contributed by atoms with Gasteiger partial charge in [-0.2, -0.15) is 0 Å². The first-order valence-electron chi connectivity index (χ1n) is 2.67. The summed E-state index contributed by atoms with van der Waals surface area (Å²) in [4.78, 5) is 0. The van der Waals surface area contributed by atoms with Gasteiger partial charge >= 0.3 is 0 Å². The van der Waals surface area contributed by atoms with Crippen LogP contribution >= 0.6 is 0 Å². The molecule has 0 atom stereocenters. The van der Waals surface area contributed by atoms with Gasteiger partial charge in [0.25, 0.3) is 0 Å². The molecule has 0 saturated carbocycles. The number of hydrogen-bond donors (Lipinski definition) is 0. The third-order valence-corrected chi connectivity index (χ3v) is 1.20. The van der Waals surface area contributed by atoms with Gasteiger partial charge in [0, 0.05) is 6.42 Å². The van der Waals surface area contributed by atoms with Gasteiger partial charge in [0.15, 0.2) is 0 Å². The lowest BCUT2D eigenvalue weighted by molar-refractivity contribution is 0.520. The molecule has 1 aromatic rings. The summed E-state index contributed by atoms with van der Waals surface area (Å²) in [7, 11) is 0. The van der Waals surface area contributed by atoms with Crippen molar-refractivity contribution in [2.45, 2.75) is 13.3 Å². The average Bonchev–Trinajstić information content (AvgIpc) is 2.14. The maximum atomic E-state index is 5.05. The first-order valence-corrected chi connectivity index (χ1v) is 2.67. The lowest BCUT2D eigenvalue weighted by Gasteiger charge is -1.86. The van der Waals surface area contributed by atoms with Gasteiger partial charge in [-0.25, -0.2) is 0 Å². The van der Waals surface area contributed by atoms with E-state index in [2.05, 4.69) is 6.92 Å². The molecule has 0 N–H and O–H groups in total. The number of rotatable bonds is 1. The molecule has 43 valence electrons. The van der Waals surface area contributed by atoms with Crippen LogP contribution in [-0.2, 0) is 6.42 Å². The molecule has 0 fully saturated rings. The minimum Gasteiger partial charge on any atom is -0.469 e. The van der Waals surface area contributed by atoms with Crippen LogP contribution < -0.4 is 0 Å². The predicted octanol–water partition coefficient (Wildman–Crippen LogP) is 1.96. The van der Waals surface area contributed by atoms with E-state index in [1.165, 1.54) is 5.56 Å². The molecule has 1 rings (SSSR count). The second-order valence-corrected chi connectivity index (χ2v) is 1.78. The van der Waals surface area contributed by atoms with Crippen LogP contribution in [0.5, 0.6) is 0 Å². The van der Waals surface area contributed by atoms with Crippen LogP contribution in [-0.4, -0.2) is 0 Å². The molecule has 1 heterocycles. The second-order valence-electron chi connectivity index (χ2n) is 1.78. The van der Waals surface area contributed by atoms with E-state index in [1.807, 2.05) is 13.0 Å². The highest BCUT2D eigenvalue weighted by molar-refractivity contribution is 5.14. The van der Waals surface area contributed by atoms with Crippen LogP contribution in [0.25, 0.3) is 0 Å². The third kappa shape index (κ3) is 0.760. The molecule has 0 spiro atoms. The molecule has 1 heteroatoms. The van der Waals surface area contributed by atoms with Gasteiger partial charge in [-0.1, -0.05) is 0 Å². The Morgan fingerprint density at radius 3 is 2.75 bits per heavy atom. The summed E-state index contributed by atoms with van der Waals surface area (Å²) in [5, 5.41) is 0. The molecule has 0 aliphatic carbocycles. The zero-order valence-corrected chi connectivity index (χ0v) is 4.98.